The van der Waals surface area contributed by atoms with Crippen LogP contribution in [-0.2, 0) is 4.74 Å². The van der Waals surface area contributed by atoms with Gasteiger partial charge in [0.25, 0.3) is 0 Å². The van der Waals surface area contributed by atoms with Crippen molar-refractivity contribution in [1.29, 1.82) is 0 Å². The molecule has 3 heteroatoms. The summed E-state index contributed by atoms with van der Waals surface area (Å²) >= 11 is 0. The quantitative estimate of drug-likeness (QED) is 0.798. The Kier molecular flexibility index (Phi) is 5.42. The SMILES string of the molecule is COCC(CNC(C)(C)C)N1CC(C)C(C)C1. The zero-order chi connectivity index (χ0) is 13.1. The second-order valence-electron chi connectivity index (χ2n) is 6.65. The Morgan fingerprint density at radius 3 is 2.18 bits per heavy atom. The lowest BCUT2D eigenvalue weighted by atomic mass is 10.0. The highest BCUT2D eigenvalue weighted by atomic mass is 16.5. The predicted molar refractivity (Wildman–Crippen MR) is 73.3 cm³/mol. The number of methoxy groups -OCH3 is 1. The molecule has 0 aromatic carbocycles. The van der Waals surface area contributed by atoms with Gasteiger partial charge in [-0.1, -0.05) is 13.8 Å². The van der Waals surface area contributed by atoms with Crippen LogP contribution in [0.5, 0.6) is 0 Å². The molecule has 1 fully saturated rings. The molecular weight excluding hydrogens is 212 g/mol. The van der Waals surface area contributed by atoms with E-state index in [1.54, 1.807) is 7.11 Å². The largest absolute Gasteiger partial charge is 0.383 e. The molecular formula is C14H30N2O. The smallest absolute Gasteiger partial charge is 0.0630 e. The first-order valence-corrected chi connectivity index (χ1v) is 6.81. The lowest BCUT2D eigenvalue weighted by Crippen LogP contribution is -2.49. The summed E-state index contributed by atoms with van der Waals surface area (Å²) in [5, 5.41) is 3.59. The maximum absolute atomic E-state index is 5.37. The summed E-state index contributed by atoms with van der Waals surface area (Å²) in [6.07, 6.45) is 0. The van der Waals surface area contributed by atoms with E-state index in [1.165, 1.54) is 13.1 Å². The molecule has 0 radical (unpaired) electrons. The molecule has 17 heavy (non-hydrogen) atoms. The van der Waals surface area contributed by atoms with Crippen LogP contribution < -0.4 is 5.32 Å². The third-order valence-corrected chi connectivity index (χ3v) is 3.76. The minimum atomic E-state index is 0.183. The Labute approximate surface area is 107 Å². The van der Waals surface area contributed by atoms with Crippen molar-refractivity contribution < 1.29 is 4.74 Å². The Balaban J connectivity index is 2.48. The van der Waals surface area contributed by atoms with Crippen molar-refractivity contribution in [2.45, 2.75) is 46.2 Å². The Hall–Kier alpha value is -0.120. The fourth-order valence-corrected chi connectivity index (χ4v) is 2.38. The number of nitrogens with zero attached hydrogens (tertiary/aromatic N) is 1. The number of likely N-dealkylation sites (tertiary alicyclic amines) is 1. The zero-order valence-corrected chi connectivity index (χ0v) is 12.4. The van der Waals surface area contributed by atoms with Crippen molar-refractivity contribution in [3.63, 3.8) is 0 Å². The Morgan fingerprint density at radius 1 is 1.24 bits per heavy atom. The third-order valence-electron chi connectivity index (χ3n) is 3.76. The molecule has 0 aromatic heterocycles. The molecule has 1 aliphatic heterocycles. The van der Waals surface area contributed by atoms with Crippen LogP contribution >= 0.6 is 0 Å². The van der Waals surface area contributed by atoms with Gasteiger partial charge in [0.15, 0.2) is 0 Å². The normalized spacial score (nSPS) is 28.6. The van der Waals surface area contributed by atoms with Crippen molar-refractivity contribution in [2.75, 3.05) is 33.4 Å². The molecule has 3 nitrogen and oxygen atoms in total. The standard InChI is InChI=1S/C14H30N2O/c1-11-8-16(9-12(11)2)13(10-17-6)7-15-14(3,4)5/h11-13,15H,7-10H2,1-6H3. The summed E-state index contributed by atoms with van der Waals surface area (Å²) in [7, 11) is 1.80. The average molecular weight is 242 g/mol. The van der Waals surface area contributed by atoms with E-state index >= 15 is 0 Å². The predicted octanol–water partition coefficient (Wildman–Crippen LogP) is 1.98. The summed E-state index contributed by atoms with van der Waals surface area (Å²) in [5.41, 5.74) is 0.183. The highest BCUT2D eigenvalue weighted by Gasteiger charge is 2.31. The van der Waals surface area contributed by atoms with Crippen LogP contribution in [0.4, 0.5) is 0 Å². The van der Waals surface area contributed by atoms with Gasteiger partial charge in [0.2, 0.25) is 0 Å². The van der Waals surface area contributed by atoms with Crippen LogP contribution in [0.1, 0.15) is 34.6 Å². The van der Waals surface area contributed by atoms with Gasteiger partial charge < -0.3 is 10.1 Å². The van der Waals surface area contributed by atoms with E-state index in [9.17, 15) is 0 Å². The monoisotopic (exact) mass is 242 g/mol. The molecule has 1 rings (SSSR count). The molecule has 3 atom stereocenters. The second kappa shape index (κ2) is 6.17. The minimum absolute atomic E-state index is 0.183. The lowest BCUT2D eigenvalue weighted by Gasteiger charge is -2.31. The number of rotatable bonds is 5. The van der Waals surface area contributed by atoms with Crippen LogP contribution in [-0.4, -0.2) is 49.8 Å². The molecule has 0 aromatic rings. The topological polar surface area (TPSA) is 24.5 Å². The first-order valence-electron chi connectivity index (χ1n) is 6.81. The molecule has 1 saturated heterocycles. The van der Waals surface area contributed by atoms with Crippen molar-refractivity contribution in [1.82, 2.24) is 10.2 Å². The molecule has 0 aliphatic carbocycles. The van der Waals surface area contributed by atoms with Gasteiger partial charge in [-0.15, -0.1) is 0 Å². The van der Waals surface area contributed by atoms with E-state index in [2.05, 4.69) is 44.8 Å². The third kappa shape index (κ3) is 4.94. The van der Waals surface area contributed by atoms with Crippen LogP contribution in [0, 0.1) is 11.8 Å². The summed E-state index contributed by atoms with van der Waals surface area (Å²) in [6, 6.07) is 0.506. The van der Waals surface area contributed by atoms with Gasteiger partial charge >= 0.3 is 0 Å². The molecule has 1 N–H and O–H groups in total. The van der Waals surface area contributed by atoms with Crippen molar-refractivity contribution in [3.05, 3.63) is 0 Å². The van der Waals surface area contributed by atoms with E-state index < -0.39 is 0 Å². The zero-order valence-electron chi connectivity index (χ0n) is 12.4. The average Bonchev–Trinajstić information content (AvgIpc) is 2.52. The van der Waals surface area contributed by atoms with Gasteiger partial charge in [-0.05, 0) is 32.6 Å². The highest BCUT2D eigenvalue weighted by Crippen LogP contribution is 2.24. The number of nitrogens with one attached hydrogen (secondary N) is 1. The van der Waals surface area contributed by atoms with Gasteiger partial charge in [0, 0.05) is 38.3 Å². The van der Waals surface area contributed by atoms with E-state index in [-0.39, 0.29) is 5.54 Å². The summed E-state index contributed by atoms with van der Waals surface area (Å²) in [6.45, 7) is 15.6. The maximum atomic E-state index is 5.37. The van der Waals surface area contributed by atoms with Gasteiger partial charge in [0.05, 0.1) is 6.61 Å². The number of hydrogen-bond donors (Lipinski definition) is 1. The van der Waals surface area contributed by atoms with E-state index in [0.29, 0.717) is 6.04 Å². The first-order chi connectivity index (χ1) is 7.83. The fraction of sp³-hybridized carbons (Fsp3) is 1.00. The maximum Gasteiger partial charge on any atom is 0.0630 e. The summed E-state index contributed by atoms with van der Waals surface area (Å²) in [4.78, 5) is 2.58. The van der Waals surface area contributed by atoms with Crippen molar-refractivity contribution in [2.24, 2.45) is 11.8 Å². The van der Waals surface area contributed by atoms with Crippen LogP contribution in [0.15, 0.2) is 0 Å². The molecule has 0 bridgehead atoms. The van der Waals surface area contributed by atoms with E-state index in [4.69, 9.17) is 4.74 Å². The van der Waals surface area contributed by atoms with Crippen molar-refractivity contribution in [3.8, 4) is 0 Å². The van der Waals surface area contributed by atoms with E-state index in [0.717, 1.165) is 25.0 Å². The number of hydrogen-bond acceptors (Lipinski definition) is 3. The van der Waals surface area contributed by atoms with Gasteiger partial charge in [-0.25, -0.2) is 0 Å². The van der Waals surface area contributed by atoms with Crippen molar-refractivity contribution >= 4 is 0 Å². The molecule has 0 amide bonds. The first kappa shape index (κ1) is 14.9. The second-order valence-corrected chi connectivity index (χ2v) is 6.65. The molecule has 0 spiro atoms. The number of ether oxygens (including phenoxy) is 1. The highest BCUT2D eigenvalue weighted by molar-refractivity contribution is 4.86. The Bertz CT molecular complexity index is 215. The molecule has 3 unspecified atom stereocenters. The molecule has 102 valence electrons. The molecule has 0 saturated carbocycles. The summed E-state index contributed by atoms with van der Waals surface area (Å²) in [5.74, 6) is 1.62. The van der Waals surface area contributed by atoms with Crippen LogP contribution in [0.2, 0.25) is 0 Å². The minimum Gasteiger partial charge on any atom is -0.383 e. The Morgan fingerprint density at radius 2 is 1.76 bits per heavy atom. The summed E-state index contributed by atoms with van der Waals surface area (Å²) < 4.78 is 5.37. The fourth-order valence-electron chi connectivity index (χ4n) is 2.38. The van der Waals surface area contributed by atoms with Crippen LogP contribution in [0.25, 0.3) is 0 Å². The van der Waals surface area contributed by atoms with E-state index in [1.807, 2.05) is 0 Å². The molecule has 1 heterocycles. The van der Waals surface area contributed by atoms with Gasteiger partial charge in [0.1, 0.15) is 0 Å². The van der Waals surface area contributed by atoms with Gasteiger partial charge in [-0.2, -0.15) is 0 Å². The lowest BCUT2D eigenvalue weighted by molar-refractivity contribution is 0.0970. The van der Waals surface area contributed by atoms with Crippen LogP contribution in [0.3, 0.4) is 0 Å². The molecule has 1 aliphatic rings. The van der Waals surface area contributed by atoms with Gasteiger partial charge in [-0.3, -0.25) is 4.90 Å².